The second-order valence-corrected chi connectivity index (χ2v) is 12.2. The maximum atomic E-state index is 14.7. The Bertz CT molecular complexity index is 1790. The highest BCUT2D eigenvalue weighted by Gasteiger charge is 2.38. The van der Waals surface area contributed by atoms with Gasteiger partial charge in [-0.1, -0.05) is 118 Å². The van der Waals surface area contributed by atoms with Crippen LogP contribution in [-0.2, 0) is 14.4 Å². The number of carbonyl (C=O) groups is 4. The minimum Gasteiger partial charge on any atom is -0.369 e. The van der Waals surface area contributed by atoms with Crippen molar-refractivity contribution >= 4 is 40.6 Å². The van der Waals surface area contributed by atoms with E-state index in [0.29, 0.717) is 53.0 Å². The number of carbonyl (C=O) groups excluding carboxylic acids is 4. The number of rotatable bonds is 12. The van der Waals surface area contributed by atoms with Crippen LogP contribution in [0.25, 0.3) is 0 Å². The molecule has 1 heterocycles. The van der Waals surface area contributed by atoms with Gasteiger partial charge in [0, 0.05) is 39.8 Å². The van der Waals surface area contributed by atoms with Crippen LogP contribution < -0.4 is 16.0 Å². The van der Waals surface area contributed by atoms with Crippen molar-refractivity contribution in [1.29, 1.82) is 0 Å². The van der Waals surface area contributed by atoms with Crippen LogP contribution in [-0.4, -0.2) is 35.4 Å². The molecule has 3 N–H and O–H groups in total. The van der Waals surface area contributed by atoms with Gasteiger partial charge in [0.2, 0.25) is 18.0 Å². The number of amides is 3. The summed E-state index contributed by atoms with van der Waals surface area (Å²) in [5, 5.41) is 2.91. The van der Waals surface area contributed by atoms with Crippen molar-refractivity contribution in [1.82, 2.24) is 5.32 Å². The Labute approximate surface area is 275 Å². The first-order valence-corrected chi connectivity index (χ1v) is 16.1. The minimum absolute atomic E-state index is 0.100. The first kappa shape index (κ1) is 33.0. The van der Waals surface area contributed by atoms with Gasteiger partial charge in [-0.2, -0.15) is 0 Å². The van der Waals surface area contributed by atoms with E-state index in [9.17, 15) is 19.2 Å². The van der Waals surface area contributed by atoms with E-state index < -0.39 is 35.7 Å². The highest BCUT2D eigenvalue weighted by atomic mass is 16.2. The van der Waals surface area contributed by atoms with E-state index in [1.54, 1.807) is 48.5 Å². The number of benzene rings is 4. The molecule has 4 aromatic carbocycles. The van der Waals surface area contributed by atoms with Gasteiger partial charge < -0.3 is 11.1 Å². The van der Waals surface area contributed by atoms with Crippen LogP contribution in [0.2, 0.25) is 0 Å². The molecule has 0 spiro atoms. The van der Waals surface area contributed by atoms with Crippen molar-refractivity contribution in [3.8, 4) is 0 Å². The fourth-order valence-electron chi connectivity index (χ4n) is 6.15. The normalized spacial score (nSPS) is 15.7. The number of anilines is 2. The molecule has 240 valence electrons. The quantitative estimate of drug-likeness (QED) is 0.175. The summed E-state index contributed by atoms with van der Waals surface area (Å²) in [6.07, 6.45) is 0.221. The van der Waals surface area contributed by atoms with Gasteiger partial charge in [-0.15, -0.1) is 0 Å². The lowest BCUT2D eigenvalue weighted by Crippen LogP contribution is -2.50. The number of ketones is 1. The van der Waals surface area contributed by atoms with E-state index in [0.717, 1.165) is 5.56 Å². The molecule has 4 aromatic rings. The van der Waals surface area contributed by atoms with Gasteiger partial charge >= 0.3 is 0 Å². The van der Waals surface area contributed by atoms with Gasteiger partial charge in [-0.05, 0) is 37.0 Å². The molecule has 3 atom stereocenters. The summed E-state index contributed by atoms with van der Waals surface area (Å²) < 4.78 is 0. The van der Waals surface area contributed by atoms with Crippen LogP contribution >= 0.6 is 0 Å². The average molecular weight is 629 g/mol. The zero-order valence-corrected chi connectivity index (χ0v) is 26.9. The lowest BCUT2D eigenvalue weighted by Gasteiger charge is -2.29. The Morgan fingerprint density at radius 1 is 0.830 bits per heavy atom. The van der Waals surface area contributed by atoms with Crippen LogP contribution in [0, 0.1) is 17.8 Å². The van der Waals surface area contributed by atoms with Gasteiger partial charge in [0.1, 0.15) is 0 Å². The molecular weight excluding hydrogens is 588 g/mol. The van der Waals surface area contributed by atoms with Gasteiger partial charge in [-0.25, -0.2) is 4.99 Å². The fraction of sp³-hybridized carbons (Fsp3) is 0.256. The van der Waals surface area contributed by atoms with E-state index in [1.807, 2.05) is 81.4 Å². The molecule has 8 heteroatoms. The molecule has 0 fully saturated rings. The highest BCUT2D eigenvalue weighted by molar-refractivity contribution is 6.22. The summed E-state index contributed by atoms with van der Waals surface area (Å²) >= 11 is 0. The molecule has 0 radical (unpaired) electrons. The number of nitrogens with one attached hydrogen (secondary N) is 1. The van der Waals surface area contributed by atoms with Gasteiger partial charge in [0.15, 0.2) is 5.78 Å². The summed E-state index contributed by atoms with van der Waals surface area (Å²) in [4.78, 5) is 61.2. The predicted octanol–water partition coefficient (Wildman–Crippen LogP) is 6.44. The molecule has 0 bridgehead atoms. The Kier molecular flexibility index (Phi) is 10.4. The van der Waals surface area contributed by atoms with E-state index in [2.05, 4.69) is 5.32 Å². The lowest BCUT2D eigenvalue weighted by atomic mass is 9.81. The molecule has 0 saturated carbocycles. The van der Waals surface area contributed by atoms with Gasteiger partial charge in [-0.3, -0.25) is 24.1 Å². The molecule has 1 aliphatic heterocycles. The second-order valence-electron chi connectivity index (χ2n) is 12.2. The number of para-hydroxylation sites is 1. The average Bonchev–Trinajstić information content (AvgIpc) is 3.20. The van der Waals surface area contributed by atoms with Crippen molar-refractivity contribution in [2.45, 2.75) is 46.2 Å². The van der Waals surface area contributed by atoms with E-state index in [4.69, 9.17) is 10.7 Å². The third kappa shape index (κ3) is 7.38. The number of hydrogen-bond acceptors (Lipinski definition) is 5. The van der Waals surface area contributed by atoms with Crippen molar-refractivity contribution in [3.05, 3.63) is 131 Å². The summed E-state index contributed by atoms with van der Waals surface area (Å²) in [7, 11) is 0. The number of aliphatic imine (C=N–C) groups is 1. The van der Waals surface area contributed by atoms with Crippen molar-refractivity contribution in [3.63, 3.8) is 0 Å². The monoisotopic (exact) mass is 628 g/mol. The molecule has 47 heavy (non-hydrogen) atoms. The molecule has 1 unspecified atom stereocenters. The zero-order chi connectivity index (χ0) is 33.5. The number of fused-ring (bicyclic) bond motifs is 1. The Hall–Kier alpha value is -5.37. The Balaban J connectivity index is 1.63. The van der Waals surface area contributed by atoms with Crippen LogP contribution in [0.15, 0.2) is 114 Å². The van der Waals surface area contributed by atoms with E-state index in [1.165, 1.54) is 4.90 Å². The predicted molar refractivity (Wildman–Crippen MR) is 184 cm³/mol. The third-order valence-electron chi connectivity index (χ3n) is 8.35. The lowest BCUT2D eigenvalue weighted by molar-refractivity contribution is -0.136. The Morgan fingerprint density at radius 2 is 1.47 bits per heavy atom. The molecule has 0 aliphatic carbocycles. The van der Waals surface area contributed by atoms with Crippen LogP contribution in [0.3, 0.4) is 0 Å². The largest absolute Gasteiger partial charge is 0.369 e. The molecule has 8 nitrogen and oxygen atoms in total. The molecule has 1 aliphatic rings. The van der Waals surface area contributed by atoms with Gasteiger partial charge in [0.05, 0.1) is 11.4 Å². The topological polar surface area (TPSA) is 122 Å². The third-order valence-corrected chi connectivity index (χ3v) is 8.35. The first-order valence-electron chi connectivity index (χ1n) is 16.1. The smallest absolute Gasteiger partial charge is 0.276 e. The molecule has 3 amide bonds. The number of hydrogen-bond donors (Lipinski definition) is 2. The zero-order valence-electron chi connectivity index (χ0n) is 26.9. The van der Waals surface area contributed by atoms with Crippen LogP contribution in [0.1, 0.15) is 67.1 Å². The van der Waals surface area contributed by atoms with Crippen LogP contribution in [0.5, 0.6) is 0 Å². The summed E-state index contributed by atoms with van der Waals surface area (Å²) in [5.41, 5.74) is 9.73. The van der Waals surface area contributed by atoms with E-state index in [-0.39, 0.29) is 11.7 Å². The van der Waals surface area contributed by atoms with Crippen LogP contribution in [0.4, 0.5) is 11.4 Å². The molecule has 5 rings (SSSR count). The molecule has 0 saturated heterocycles. The summed E-state index contributed by atoms with van der Waals surface area (Å²) in [6, 6.07) is 32.7. The SMILES string of the molecule is CCC[C@H](C(N)=O)[C@@H](CC(C)C)C(=O)NC1N=C(c2ccccc2)c2ccccc2N(c2cccc(C(=O)c3ccccc3)c2)C1=O. The Morgan fingerprint density at radius 3 is 2.13 bits per heavy atom. The van der Waals surface area contributed by atoms with E-state index >= 15 is 0 Å². The maximum Gasteiger partial charge on any atom is 0.276 e. The fourth-order valence-corrected chi connectivity index (χ4v) is 6.15. The van der Waals surface area contributed by atoms with Crippen molar-refractivity contribution in [2.24, 2.45) is 28.5 Å². The number of nitrogens with zero attached hydrogens (tertiary/aromatic N) is 2. The highest BCUT2D eigenvalue weighted by Crippen LogP contribution is 2.35. The number of nitrogens with two attached hydrogens (primary N) is 1. The van der Waals surface area contributed by atoms with Gasteiger partial charge in [0.25, 0.3) is 5.91 Å². The molecular formula is C39H40N4O4. The first-order chi connectivity index (χ1) is 22.7. The summed E-state index contributed by atoms with van der Waals surface area (Å²) in [6.45, 7) is 5.90. The number of primary amides is 1. The second kappa shape index (κ2) is 14.8. The minimum atomic E-state index is -1.33. The van der Waals surface area contributed by atoms with Crippen molar-refractivity contribution in [2.75, 3.05) is 4.90 Å². The standard InChI is InChI=1S/C39H40N4O4/c1-4-14-30(36(40)45)32(23-25(2)3)38(46)42-37-39(47)43(29-20-13-19-28(24-29)35(44)27-17-9-6-10-18-27)33-22-12-11-21-31(33)34(41-37)26-15-7-5-8-16-26/h5-13,15-22,24-25,30,32,37H,4,14,23H2,1-3H3,(H2,40,45)(H,42,46)/t30-,32+,37?/m0/s1. The summed E-state index contributed by atoms with van der Waals surface area (Å²) in [5.74, 6) is -3.00. The molecule has 0 aromatic heterocycles. The maximum absolute atomic E-state index is 14.7. The van der Waals surface area contributed by atoms with Crippen molar-refractivity contribution < 1.29 is 19.2 Å². The number of benzodiazepines with no additional fused rings is 1.